The van der Waals surface area contributed by atoms with E-state index in [1.807, 2.05) is 12.1 Å². The number of hydrogen-bond acceptors (Lipinski definition) is 4. The molecule has 100 valence electrons. The molecule has 2 N–H and O–H groups in total. The molecule has 0 fully saturated rings. The fraction of sp³-hybridized carbons (Fsp3) is 0.308. The van der Waals surface area contributed by atoms with E-state index in [1.165, 1.54) is 6.92 Å². The van der Waals surface area contributed by atoms with Crippen molar-refractivity contribution in [3.8, 4) is 0 Å². The van der Waals surface area contributed by atoms with Gasteiger partial charge in [-0.15, -0.1) is 0 Å². The van der Waals surface area contributed by atoms with E-state index in [1.54, 1.807) is 23.9 Å². The van der Waals surface area contributed by atoms with Gasteiger partial charge in [0.05, 0.1) is 13.0 Å². The summed E-state index contributed by atoms with van der Waals surface area (Å²) < 4.78 is 0. The van der Waals surface area contributed by atoms with Crippen molar-refractivity contribution >= 4 is 34.4 Å². The van der Waals surface area contributed by atoms with Gasteiger partial charge in [0.25, 0.3) is 0 Å². The molecule has 1 aliphatic rings. The lowest BCUT2D eigenvalue weighted by atomic mass is 10.1. The lowest BCUT2D eigenvalue weighted by Crippen LogP contribution is -2.28. The lowest BCUT2D eigenvalue weighted by molar-refractivity contribution is -0.119. The summed E-state index contributed by atoms with van der Waals surface area (Å²) in [4.78, 5) is 26.8. The molecule has 0 aromatic heterocycles. The molecular formula is C13H15N3O2S. The number of benzene rings is 1. The van der Waals surface area contributed by atoms with Crippen LogP contribution in [0.2, 0.25) is 0 Å². The third-order valence-corrected chi connectivity index (χ3v) is 3.36. The number of nitrogens with one attached hydrogen (secondary N) is 2. The Morgan fingerprint density at radius 2 is 2.00 bits per heavy atom. The smallest absolute Gasteiger partial charge is 0.230 e. The van der Waals surface area contributed by atoms with Gasteiger partial charge >= 0.3 is 0 Å². The second-order valence-electron chi connectivity index (χ2n) is 4.14. The third kappa shape index (κ3) is 4.40. The maximum Gasteiger partial charge on any atom is 0.230 e. The Morgan fingerprint density at radius 1 is 1.26 bits per heavy atom. The van der Waals surface area contributed by atoms with E-state index in [0.717, 1.165) is 23.5 Å². The van der Waals surface area contributed by atoms with Crippen molar-refractivity contribution in [2.24, 2.45) is 4.99 Å². The fourth-order valence-corrected chi connectivity index (χ4v) is 2.41. The summed E-state index contributed by atoms with van der Waals surface area (Å²) in [5.41, 5.74) is 1.63. The van der Waals surface area contributed by atoms with Crippen LogP contribution in [0.15, 0.2) is 29.3 Å². The van der Waals surface area contributed by atoms with Crippen LogP contribution in [0.4, 0.5) is 5.69 Å². The third-order valence-electron chi connectivity index (χ3n) is 2.47. The quantitative estimate of drug-likeness (QED) is 0.877. The number of thioether (sulfide) groups is 1. The molecule has 1 aromatic rings. The van der Waals surface area contributed by atoms with Gasteiger partial charge in [0, 0.05) is 18.4 Å². The average molecular weight is 277 g/mol. The summed E-state index contributed by atoms with van der Waals surface area (Å²) in [7, 11) is 0. The lowest BCUT2D eigenvalue weighted by Gasteiger charge is -2.05. The number of carbonyl (C=O) groups excluding carboxylic acids is 2. The van der Waals surface area contributed by atoms with Gasteiger partial charge in [0.2, 0.25) is 11.8 Å². The summed E-state index contributed by atoms with van der Waals surface area (Å²) in [6.45, 7) is 2.23. The van der Waals surface area contributed by atoms with E-state index in [0.29, 0.717) is 11.6 Å². The first kappa shape index (κ1) is 13.6. The van der Waals surface area contributed by atoms with Crippen molar-refractivity contribution in [3.63, 3.8) is 0 Å². The highest BCUT2D eigenvalue weighted by Gasteiger charge is 2.11. The first-order valence-electron chi connectivity index (χ1n) is 5.97. The highest BCUT2D eigenvalue weighted by atomic mass is 32.2. The molecule has 0 spiro atoms. The molecule has 0 unspecified atom stereocenters. The van der Waals surface area contributed by atoms with Crippen molar-refractivity contribution in [1.82, 2.24) is 5.32 Å². The number of anilines is 1. The topological polar surface area (TPSA) is 70.6 Å². The minimum Gasteiger partial charge on any atom is -0.326 e. The molecule has 6 heteroatoms. The molecule has 19 heavy (non-hydrogen) atoms. The Balaban J connectivity index is 1.88. The van der Waals surface area contributed by atoms with Gasteiger partial charge in [-0.1, -0.05) is 23.9 Å². The molecule has 2 amide bonds. The molecule has 0 saturated carbocycles. The van der Waals surface area contributed by atoms with Crippen molar-refractivity contribution in [2.45, 2.75) is 13.3 Å². The predicted octanol–water partition coefficient (Wildman–Crippen LogP) is 1.41. The largest absolute Gasteiger partial charge is 0.326 e. The maximum absolute atomic E-state index is 11.8. The van der Waals surface area contributed by atoms with E-state index in [4.69, 9.17) is 0 Å². The van der Waals surface area contributed by atoms with Gasteiger partial charge in [0.15, 0.2) is 5.17 Å². The van der Waals surface area contributed by atoms with Crippen molar-refractivity contribution in [2.75, 3.05) is 17.6 Å². The SMILES string of the molecule is CC(=O)Nc1ccc(CC(=O)NC2=NCCS2)cc1. The zero-order chi connectivity index (χ0) is 13.7. The Hall–Kier alpha value is -1.82. The molecular weight excluding hydrogens is 262 g/mol. The van der Waals surface area contributed by atoms with Crippen LogP contribution < -0.4 is 10.6 Å². The monoisotopic (exact) mass is 277 g/mol. The molecule has 0 saturated heterocycles. The number of hydrogen-bond donors (Lipinski definition) is 2. The highest BCUT2D eigenvalue weighted by molar-refractivity contribution is 8.14. The second kappa shape index (κ2) is 6.38. The molecule has 1 aromatic carbocycles. The van der Waals surface area contributed by atoms with E-state index >= 15 is 0 Å². The number of amides is 2. The first-order chi connectivity index (χ1) is 9.13. The van der Waals surface area contributed by atoms with Gasteiger partial charge in [0.1, 0.15) is 0 Å². The number of carbonyl (C=O) groups is 2. The van der Waals surface area contributed by atoms with Crippen molar-refractivity contribution in [3.05, 3.63) is 29.8 Å². The van der Waals surface area contributed by atoms with E-state index in [-0.39, 0.29) is 11.8 Å². The number of rotatable bonds is 3. The van der Waals surface area contributed by atoms with Gasteiger partial charge in [-0.25, -0.2) is 0 Å². The fourth-order valence-electron chi connectivity index (χ4n) is 1.67. The van der Waals surface area contributed by atoms with Crippen LogP contribution >= 0.6 is 11.8 Å². The average Bonchev–Trinajstić information content (AvgIpc) is 2.83. The summed E-state index contributed by atoms with van der Waals surface area (Å²) in [5.74, 6) is 0.753. The van der Waals surface area contributed by atoms with Crippen LogP contribution in [0.5, 0.6) is 0 Å². The Kier molecular flexibility index (Phi) is 4.57. The Morgan fingerprint density at radius 3 is 2.58 bits per heavy atom. The van der Waals surface area contributed by atoms with E-state index in [9.17, 15) is 9.59 Å². The van der Waals surface area contributed by atoms with Crippen molar-refractivity contribution in [1.29, 1.82) is 0 Å². The Bertz CT molecular complexity index is 511. The van der Waals surface area contributed by atoms with Crippen LogP contribution in [-0.2, 0) is 16.0 Å². The molecule has 0 radical (unpaired) electrons. The zero-order valence-electron chi connectivity index (χ0n) is 10.6. The van der Waals surface area contributed by atoms with Crippen LogP contribution in [0.25, 0.3) is 0 Å². The van der Waals surface area contributed by atoms with E-state index < -0.39 is 0 Å². The molecule has 2 rings (SSSR count). The zero-order valence-corrected chi connectivity index (χ0v) is 11.4. The number of aliphatic imine (C=N–C) groups is 1. The molecule has 5 nitrogen and oxygen atoms in total. The van der Waals surface area contributed by atoms with E-state index in [2.05, 4.69) is 15.6 Å². The second-order valence-corrected chi connectivity index (χ2v) is 5.22. The summed E-state index contributed by atoms with van der Waals surface area (Å²) >= 11 is 1.56. The minimum absolute atomic E-state index is 0.0690. The molecule has 0 atom stereocenters. The number of amidine groups is 1. The molecule has 1 aliphatic heterocycles. The Labute approximate surface area is 115 Å². The molecule has 0 aliphatic carbocycles. The summed E-state index contributed by atoms with van der Waals surface area (Å²) in [5, 5.41) is 6.17. The van der Waals surface area contributed by atoms with Gasteiger partial charge in [-0.3, -0.25) is 14.6 Å². The maximum atomic E-state index is 11.8. The summed E-state index contributed by atoms with van der Waals surface area (Å²) in [6.07, 6.45) is 0.305. The standard InChI is InChI=1S/C13H15N3O2S/c1-9(17)15-11-4-2-10(3-5-11)8-12(18)16-13-14-6-7-19-13/h2-5H,6-8H2,1H3,(H,15,17)(H,14,16,18). The van der Waals surface area contributed by atoms with Crippen LogP contribution in [0.3, 0.4) is 0 Å². The van der Waals surface area contributed by atoms with Crippen LogP contribution in [-0.4, -0.2) is 29.3 Å². The normalized spacial score (nSPS) is 13.8. The minimum atomic E-state index is -0.109. The van der Waals surface area contributed by atoms with Gasteiger partial charge < -0.3 is 10.6 Å². The van der Waals surface area contributed by atoms with Gasteiger partial charge in [-0.2, -0.15) is 0 Å². The van der Waals surface area contributed by atoms with Crippen LogP contribution in [0, 0.1) is 0 Å². The van der Waals surface area contributed by atoms with Gasteiger partial charge in [-0.05, 0) is 17.7 Å². The molecule has 1 heterocycles. The molecule has 0 bridgehead atoms. The number of nitrogens with zero attached hydrogens (tertiary/aromatic N) is 1. The van der Waals surface area contributed by atoms with Crippen LogP contribution in [0.1, 0.15) is 12.5 Å². The first-order valence-corrected chi connectivity index (χ1v) is 6.95. The highest BCUT2D eigenvalue weighted by Crippen LogP contribution is 2.11. The summed E-state index contributed by atoms with van der Waals surface area (Å²) in [6, 6.07) is 7.22. The predicted molar refractivity (Wildman–Crippen MR) is 77.4 cm³/mol. The van der Waals surface area contributed by atoms with Crippen molar-refractivity contribution < 1.29 is 9.59 Å².